The minimum atomic E-state index is 0.716. The highest BCUT2D eigenvalue weighted by Gasteiger charge is 2.02. The summed E-state index contributed by atoms with van der Waals surface area (Å²) < 4.78 is 2.76. The average molecular weight is 238 g/mol. The zero-order valence-electron chi connectivity index (χ0n) is 8.41. The molecule has 0 fully saturated rings. The number of thioether (sulfide) groups is 2. The molecule has 0 N–H and O–H groups in total. The van der Waals surface area contributed by atoms with E-state index in [4.69, 9.17) is 0 Å². The SMILES string of the molecule is CSC(=Nc1ncnn2cccc12)SC. The van der Waals surface area contributed by atoms with Gasteiger partial charge in [0.25, 0.3) is 0 Å². The first-order valence-corrected chi connectivity index (χ1v) is 6.75. The summed E-state index contributed by atoms with van der Waals surface area (Å²) in [6, 6.07) is 3.89. The van der Waals surface area contributed by atoms with Crippen molar-refractivity contribution in [1.29, 1.82) is 0 Å². The number of rotatable bonds is 1. The lowest BCUT2D eigenvalue weighted by molar-refractivity contribution is 0.903. The molecule has 0 aliphatic carbocycles. The molecule has 78 valence electrons. The maximum atomic E-state index is 4.47. The third kappa shape index (κ3) is 2.15. The lowest BCUT2D eigenvalue weighted by atomic mass is 10.5. The molecule has 0 bridgehead atoms. The quantitative estimate of drug-likeness (QED) is 0.565. The fourth-order valence-electron chi connectivity index (χ4n) is 1.20. The summed E-state index contributed by atoms with van der Waals surface area (Å²) in [5, 5.41) is 4.08. The number of nitrogens with zero attached hydrogens (tertiary/aromatic N) is 4. The first kappa shape index (κ1) is 10.5. The van der Waals surface area contributed by atoms with E-state index >= 15 is 0 Å². The first-order chi connectivity index (χ1) is 7.35. The minimum Gasteiger partial charge on any atom is -0.236 e. The third-order valence-electron chi connectivity index (χ3n) is 1.86. The van der Waals surface area contributed by atoms with Crippen LogP contribution in [0.3, 0.4) is 0 Å². The summed E-state index contributed by atoms with van der Waals surface area (Å²) in [6.45, 7) is 0. The van der Waals surface area contributed by atoms with Crippen LogP contribution in [0.15, 0.2) is 29.6 Å². The van der Waals surface area contributed by atoms with Crippen molar-refractivity contribution in [2.45, 2.75) is 0 Å². The summed E-state index contributed by atoms with van der Waals surface area (Å²) >= 11 is 3.24. The van der Waals surface area contributed by atoms with Crippen LogP contribution in [0.1, 0.15) is 0 Å². The van der Waals surface area contributed by atoms with Crippen LogP contribution in [0.5, 0.6) is 0 Å². The van der Waals surface area contributed by atoms with Crippen molar-refractivity contribution < 1.29 is 0 Å². The molecule has 0 unspecified atom stereocenters. The predicted octanol–water partition coefficient (Wildman–Crippen LogP) is 2.44. The Hall–Kier alpha value is -1.01. The van der Waals surface area contributed by atoms with Gasteiger partial charge in [-0.15, -0.1) is 23.5 Å². The second kappa shape index (κ2) is 4.67. The van der Waals surface area contributed by atoms with E-state index in [9.17, 15) is 0 Å². The molecule has 2 aromatic heterocycles. The van der Waals surface area contributed by atoms with Gasteiger partial charge in [-0.05, 0) is 24.6 Å². The number of aliphatic imine (C=N–C) groups is 1. The van der Waals surface area contributed by atoms with Gasteiger partial charge in [0.2, 0.25) is 0 Å². The van der Waals surface area contributed by atoms with Crippen LogP contribution in [0.25, 0.3) is 5.52 Å². The minimum absolute atomic E-state index is 0.716. The Morgan fingerprint density at radius 1 is 1.40 bits per heavy atom. The molecule has 4 nitrogen and oxygen atoms in total. The highest BCUT2D eigenvalue weighted by molar-refractivity contribution is 8.38. The topological polar surface area (TPSA) is 42.5 Å². The van der Waals surface area contributed by atoms with E-state index in [0.29, 0.717) is 5.82 Å². The van der Waals surface area contributed by atoms with E-state index < -0.39 is 0 Å². The molecule has 0 aliphatic heterocycles. The zero-order chi connectivity index (χ0) is 10.7. The number of hydrogen-bond donors (Lipinski definition) is 0. The molecule has 15 heavy (non-hydrogen) atoms. The summed E-state index contributed by atoms with van der Waals surface area (Å²) in [4.78, 5) is 8.64. The van der Waals surface area contributed by atoms with E-state index in [1.54, 1.807) is 28.0 Å². The van der Waals surface area contributed by atoms with Crippen LogP contribution in [-0.4, -0.2) is 31.5 Å². The zero-order valence-corrected chi connectivity index (χ0v) is 10.0. The summed E-state index contributed by atoms with van der Waals surface area (Å²) in [5.41, 5.74) is 0.929. The Balaban J connectivity index is 2.51. The molecule has 6 heteroatoms. The Kier molecular flexibility index (Phi) is 3.27. The highest BCUT2D eigenvalue weighted by atomic mass is 32.2. The van der Waals surface area contributed by atoms with Crippen molar-refractivity contribution in [2.75, 3.05) is 12.5 Å². The van der Waals surface area contributed by atoms with E-state index in [-0.39, 0.29) is 0 Å². The molecule has 0 saturated carbocycles. The van der Waals surface area contributed by atoms with Crippen molar-refractivity contribution in [3.63, 3.8) is 0 Å². The van der Waals surface area contributed by atoms with Crippen LogP contribution >= 0.6 is 23.5 Å². The second-order valence-electron chi connectivity index (χ2n) is 2.71. The van der Waals surface area contributed by atoms with Gasteiger partial charge in [-0.25, -0.2) is 14.5 Å². The number of hydrogen-bond acceptors (Lipinski definition) is 5. The van der Waals surface area contributed by atoms with Crippen LogP contribution in [-0.2, 0) is 0 Å². The van der Waals surface area contributed by atoms with Crippen LogP contribution in [0, 0.1) is 0 Å². The largest absolute Gasteiger partial charge is 0.236 e. The molecule has 2 rings (SSSR count). The van der Waals surface area contributed by atoms with Crippen LogP contribution in [0.4, 0.5) is 5.82 Å². The van der Waals surface area contributed by atoms with Gasteiger partial charge < -0.3 is 0 Å². The smallest absolute Gasteiger partial charge is 0.181 e. The van der Waals surface area contributed by atoms with Crippen LogP contribution in [0.2, 0.25) is 0 Å². The van der Waals surface area contributed by atoms with E-state index in [2.05, 4.69) is 15.1 Å². The molecular weight excluding hydrogens is 228 g/mol. The van der Waals surface area contributed by atoms with E-state index in [1.807, 2.05) is 30.8 Å². The summed E-state index contributed by atoms with van der Waals surface area (Å²) in [7, 11) is 0. The number of fused-ring (bicyclic) bond motifs is 1. The van der Waals surface area contributed by atoms with E-state index in [1.165, 1.54) is 6.33 Å². The molecule has 0 aromatic carbocycles. The standard InChI is InChI=1S/C9H10N4S2/c1-14-9(15-2)12-8-7-4-3-5-13(7)11-6-10-8/h3-6H,1-2H3. The molecule has 2 heterocycles. The second-order valence-corrected chi connectivity index (χ2v) is 4.56. The monoisotopic (exact) mass is 238 g/mol. The van der Waals surface area contributed by atoms with Gasteiger partial charge in [0, 0.05) is 6.20 Å². The van der Waals surface area contributed by atoms with Gasteiger partial charge in [0.15, 0.2) is 5.82 Å². The summed E-state index contributed by atoms with van der Waals surface area (Å²) in [6.07, 6.45) is 7.41. The fraction of sp³-hybridized carbons (Fsp3) is 0.222. The highest BCUT2D eigenvalue weighted by Crippen LogP contribution is 2.21. The maximum absolute atomic E-state index is 4.47. The Bertz CT molecular complexity index is 486. The lowest BCUT2D eigenvalue weighted by Gasteiger charge is -1.99. The van der Waals surface area contributed by atoms with Gasteiger partial charge in [-0.2, -0.15) is 5.10 Å². The van der Waals surface area contributed by atoms with Gasteiger partial charge in [0.1, 0.15) is 16.2 Å². The normalized spacial score (nSPS) is 10.5. The van der Waals surface area contributed by atoms with Gasteiger partial charge in [-0.1, -0.05) is 0 Å². The Morgan fingerprint density at radius 3 is 2.93 bits per heavy atom. The predicted molar refractivity (Wildman–Crippen MR) is 67.1 cm³/mol. The Morgan fingerprint density at radius 2 is 2.20 bits per heavy atom. The molecule has 2 aromatic rings. The molecule has 0 saturated heterocycles. The maximum Gasteiger partial charge on any atom is 0.181 e. The molecule has 0 aliphatic rings. The van der Waals surface area contributed by atoms with Gasteiger partial charge in [-0.3, -0.25) is 0 Å². The van der Waals surface area contributed by atoms with Crippen LogP contribution < -0.4 is 0 Å². The molecule has 0 radical (unpaired) electrons. The lowest BCUT2D eigenvalue weighted by Crippen LogP contribution is -1.91. The van der Waals surface area contributed by atoms with Crippen molar-refractivity contribution >= 4 is 39.2 Å². The molecule has 0 spiro atoms. The van der Waals surface area contributed by atoms with Crippen molar-refractivity contribution in [1.82, 2.24) is 14.6 Å². The number of aromatic nitrogens is 3. The summed E-state index contributed by atoms with van der Waals surface area (Å²) in [5.74, 6) is 0.716. The van der Waals surface area contributed by atoms with Gasteiger partial charge >= 0.3 is 0 Å². The van der Waals surface area contributed by atoms with E-state index in [0.717, 1.165) is 9.89 Å². The third-order valence-corrected chi connectivity index (χ3v) is 3.74. The fourth-order valence-corrected chi connectivity index (χ4v) is 2.22. The van der Waals surface area contributed by atoms with Crippen molar-refractivity contribution in [3.8, 4) is 0 Å². The molecular formula is C9H10N4S2. The molecule has 0 amide bonds. The average Bonchev–Trinajstić information content (AvgIpc) is 2.74. The van der Waals surface area contributed by atoms with Gasteiger partial charge in [0.05, 0.1) is 0 Å². The first-order valence-electron chi connectivity index (χ1n) is 4.30. The van der Waals surface area contributed by atoms with Crippen molar-refractivity contribution in [2.24, 2.45) is 4.99 Å². The van der Waals surface area contributed by atoms with Crippen molar-refractivity contribution in [3.05, 3.63) is 24.7 Å². The molecule has 0 atom stereocenters. The Labute approximate surface area is 96.2 Å².